The maximum absolute atomic E-state index is 11.2. The van der Waals surface area contributed by atoms with Gasteiger partial charge in [0.2, 0.25) is 0 Å². The van der Waals surface area contributed by atoms with Crippen LogP contribution in [0.3, 0.4) is 0 Å². The van der Waals surface area contributed by atoms with Crippen LogP contribution in [-0.2, 0) is 64.1 Å². The first-order valence-corrected chi connectivity index (χ1v) is 17.6. The summed E-state index contributed by atoms with van der Waals surface area (Å²) in [6.07, 6.45) is 2.35. The molecule has 2 N–H and O–H groups in total. The topological polar surface area (TPSA) is 68.2 Å². The van der Waals surface area contributed by atoms with Crippen molar-refractivity contribution in [3.8, 4) is 11.5 Å². The van der Waals surface area contributed by atoms with Gasteiger partial charge >= 0.3 is 0 Å². The molecule has 0 fully saturated rings. The van der Waals surface area contributed by atoms with E-state index in [0.717, 1.165) is 45.4 Å². The minimum Gasteiger partial charge on any atom is -0.507 e. The van der Waals surface area contributed by atoms with Gasteiger partial charge in [0.25, 0.3) is 0 Å². The number of ether oxygens (including phenoxy) is 3. The van der Waals surface area contributed by atoms with Crippen LogP contribution in [-0.4, -0.2) is 30.5 Å². The Balaban J connectivity index is 1.95. The number of rotatable bonds is 16. The zero-order chi connectivity index (χ0) is 35.1. The minimum atomic E-state index is -0.617. The Morgan fingerprint density at radius 2 is 0.958 bits per heavy atom. The Hall–Kier alpha value is -3.64. The van der Waals surface area contributed by atoms with Gasteiger partial charge in [0.15, 0.2) is 0 Å². The highest BCUT2D eigenvalue weighted by Crippen LogP contribution is 2.45. The Labute approximate surface area is 288 Å². The Kier molecular flexibility index (Phi) is 12.5. The number of hydrogen-bond donors (Lipinski definition) is 2. The van der Waals surface area contributed by atoms with E-state index >= 15 is 0 Å². The summed E-state index contributed by atoms with van der Waals surface area (Å²) >= 11 is 0. The maximum atomic E-state index is 11.2. The van der Waals surface area contributed by atoms with Crippen molar-refractivity contribution in [2.24, 2.45) is 0 Å². The average Bonchev–Trinajstić information content (AvgIpc) is 3.10. The van der Waals surface area contributed by atoms with Gasteiger partial charge in [-0.1, -0.05) is 89.2 Å². The number of aryl methyl sites for hydroxylation is 3. The normalized spacial score (nSPS) is 12.1. The van der Waals surface area contributed by atoms with Crippen molar-refractivity contribution in [1.29, 1.82) is 0 Å². The molecule has 0 spiro atoms. The van der Waals surface area contributed by atoms with Crippen molar-refractivity contribution in [2.45, 2.75) is 105 Å². The molecule has 0 amide bonds. The molecule has 4 rings (SSSR count). The largest absolute Gasteiger partial charge is 0.507 e. The molecular weight excluding hydrogens is 596 g/mol. The monoisotopic (exact) mass is 652 g/mol. The number of benzene rings is 4. The summed E-state index contributed by atoms with van der Waals surface area (Å²) < 4.78 is 17.1. The zero-order valence-electron chi connectivity index (χ0n) is 30.6. The summed E-state index contributed by atoms with van der Waals surface area (Å²) in [5.74, 6) is 0.599. The van der Waals surface area contributed by atoms with Gasteiger partial charge < -0.3 is 24.4 Å². The molecular formula is C43H56O5. The van der Waals surface area contributed by atoms with E-state index in [1.165, 1.54) is 22.3 Å². The smallest absolute Gasteiger partial charge is 0.124 e. The lowest BCUT2D eigenvalue weighted by Gasteiger charge is -2.35. The lowest BCUT2D eigenvalue weighted by atomic mass is 9.68. The first-order chi connectivity index (χ1) is 23.0. The summed E-state index contributed by atoms with van der Waals surface area (Å²) in [6, 6.07) is 24.3. The van der Waals surface area contributed by atoms with Crippen molar-refractivity contribution < 1.29 is 24.4 Å². The van der Waals surface area contributed by atoms with E-state index in [4.69, 9.17) is 14.2 Å². The molecule has 4 aromatic carbocycles. The standard InChI is InChI=1S/C43H56O5/c1-10-29-19-30(26-46-9)21-37(20-29)42(6,7)35-15-17-36(18-16-35)43(8,38-22-31(11-2)40(44)33(24-38)27-47-13-4)39-23-32(12-3)41(45)34(25-39)28-48-14-5/h15-25,44-45H,10-14,26-28H2,1-9H3. The molecule has 0 aliphatic carbocycles. The van der Waals surface area contributed by atoms with E-state index in [0.29, 0.717) is 57.4 Å². The first kappa shape index (κ1) is 37.2. The van der Waals surface area contributed by atoms with Crippen LogP contribution < -0.4 is 0 Å². The Morgan fingerprint density at radius 3 is 1.40 bits per heavy atom. The first-order valence-electron chi connectivity index (χ1n) is 17.6. The maximum Gasteiger partial charge on any atom is 0.124 e. The van der Waals surface area contributed by atoms with Crippen molar-refractivity contribution >= 4 is 0 Å². The van der Waals surface area contributed by atoms with E-state index in [-0.39, 0.29) is 5.41 Å². The van der Waals surface area contributed by atoms with Gasteiger partial charge in [-0.05, 0) is 102 Å². The summed E-state index contributed by atoms with van der Waals surface area (Å²) in [6.45, 7) is 19.5. The van der Waals surface area contributed by atoms with Crippen LogP contribution in [0.5, 0.6) is 11.5 Å². The second-order valence-electron chi connectivity index (χ2n) is 13.4. The number of hydrogen-bond acceptors (Lipinski definition) is 5. The highest BCUT2D eigenvalue weighted by Gasteiger charge is 2.35. The van der Waals surface area contributed by atoms with E-state index in [1.54, 1.807) is 7.11 Å². The highest BCUT2D eigenvalue weighted by molar-refractivity contribution is 5.58. The average molecular weight is 653 g/mol. The third-order valence-electron chi connectivity index (χ3n) is 10.1. The molecule has 258 valence electrons. The van der Waals surface area contributed by atoms with Crippen LogP contribution in [0.2, 0.25) is 0 Å². The van der Waals surface area contributed by atoms with Crippen LogP contribution in [0, 0.1) is 0 Å². The third-order valence-corrected chi connectivity index (χ3v) is 10.1. The SMILES string of the molecule is CCOCc1cc(C(C)(c2ccc(C(C)(C)c3cc(CC)cc(COC)c3)cc2)c2cc(CC)c(O)c(COCC)c2)cc(CC)c1O. The quantitative estimate of drug-likeness (QED) is 0.118. The van der Waals surface area contributed by atoms with Gasteiger partial charge in [0.05, 0.1) is 19.8 Å². The molecule has 5 heteroatoms. The lowest BCUT2D eigenvalue weighted by Crippen LogP contribution is -2.27. The summed E-state index contributed by atoms with van der Waals surface area (Å²) in [5, 5.41) is 22.4. The van der Waals surface area contributed by atoms with Crippen molar-refractivity contribution in [2.75, 3.05) is 20.3 Å². The van der Waals surface area contributed by atoms with Crippen LogP contribution in [0.15, 0.2) is 66.7 Å². The molecule has 48 heavy (non-hydrogen) atoms. The second kappa shape index (κ2) is 16.2. The summed E-state index contributed by atoms with van der Waals surface area (Å²) in [7, 11) is 1.74. The van der Waals surface area contributed by atoms with Gasteiger partial charge in [-0.15, -0.1) is 0 Å². The second-order valence-corrected chi connectivity index (χ2v) is 13.4. The fourth-order valence-corrected chi connectivity index (χ4v) is 6.74. The molecule has 0 heterocycles. The molecule has 4 aromatic rings. The van der Waals surface area contributed by atoms with Gasteiger partial charge in [-0.2, -0.15) is 0 Å². The van der Waals surface area contributed by atoms with Gasteiger partial charge in [-0.25, -0.2) is 0 Å². The highest BCUT2D eigenvalue weighted by atomic mass is 16.5. The molecule has 0 aromatic heterocycles. The number of phenols is 2. The lowest BCUT2D eigenvalue weighted by molar-refractivity contribution is 0.132. The van der Waals surface area contributed by atoms with E-state index in [2.05, 4.69) is 108 Å². The zero-order valence-corrected chi connectivity index (χ0v) is 30.6. The molecule has 0 atom stereocenters. The summed E-state index contributed by atoms with van der Waals surface area (Å²) in [5.41, 5.74) is 10.7. The van der Waals surface area contributed by atoms with Crippen molar-refractivity contribution in [3.63, 3.8) is 0 Å². The molecule has 0 saturated carbocycles. The predicted molar refractivity (Wildman–Crippen MR) is 196 cm³/mol. The fraction of sp³-hybridized carbons (Fsp3) is 0.442. The molecule has 0 aliphatic rings. The molecule has 0 unspecified atom stereocenters. The molecule has 5 nitrogen and oxygen atoms in total. The van der Waals surface area contributed by atoms with E-state index in [1.807, 2.05) is 13.8 Å². The van der Waals surface area contributed by atoms with Crippen molar-refractivity contribution in [1.82, 2.24) is 0 Å². The van der Waals surface area contributed by atoms with Crippen LogP contribution in [0.4, 0.5) is 0 Å². The Bertz CT molecular complexity index is 1600. The van der Waals surface area contributed by atoms with E-state index in [9.17, 15) is 10.2 Å². The minimum absolute atomic E-state index is 0.236. The van der Waals surface area contributed by atoms with Crippen LogP contribution >= 0.6 is 0 Å². The third kappa shape index (κ3) is 7.64. The Morgan fingerprint density at radius 1 is 0.500 bits per heavy atom. The molecule has 0 bridgehead atoms. The molecule has 0 radical (unpaired) electrons. The van der Waals surface area contributed by atoms with Gasteiger partial charge in [-0.3, -0.25) is 0 Å². The molecule has 0 aliphatic heterocycles. The number of methoxy groups -OCH3 is 1. The summed E-state index contributed by atoms with van der Waals surface area (Å²) in [4.78, 5) is 0. The van der Waals surface area contributed by atoms with Gasteiger partial charge in [0, 0.05) is 42.3 Å². The van der Waals surface area contributed by atoms with Crippen molar-refractivity contribution in [3.05, 3.63) is 128 Å². The van der Waals surface area contributed by atoms with Crippen LogP contribution in [0.1, 0.15) is 117 Å². The number of phenolic OH excluding ortho intramolecular Hbond substituents is 2. The van der Waals surface area contributed by atoms with Gasteiger partial charge in [0.1, 0.15) is 11.5 Å². The predicted octanol–water partition coefficient (Wildman–Crippen LogP) is 9.68. The molecule has 0 saturated heterocycles. The number of aromatic hydroxyl groups is 2. The van der Waals surface area contributed by atoms with E-state index < -0.39 is 5.41 Å². The van der Waals surface area contributed by atoms with Crippen LogP contribution in [0.25, 0.3) is 0 Å². The fourth-order valence-electron chi connectivity index (χ4n) is 6.74.